The van der Waals surface area contributed by atoms with Crippen molar-refractivity contribution in [1.82, 2.24) is 26.6 Å². The number of nitrogens with one attached hydrogen (secondary N) is 5. The van der Waals surface area contributed by atoms with E-state index in [1.165, 1.54) is 64.2 Å². The Morgan fingerprint density at radius 1 is 0.389 bits per heavy atom. The number of rotatable bonds is 43. The predicted molar refractivity (Wildman–Crippen MR) is 264 cm³/mol. The Labute approximate surface area is 423 Å². The van der Waals surface area contributed by atoms with Gasteiger partial charge in [-0.1, -0.05) is 104 Å². The minimum Gasteiger partial charge on any atom is -0.481 e. The third-order valence-corrected chi connectivity index (χ3v) is 13.2. The molecular weight excluding hydrogens is 939 g/mol. The number of amides is 5. The van der Waals surface area contributed by atoms with Crippen LogP contribution in [-0.2, 0) is 52.7 Å². The fourth-order valence-corrected chi connectivity index (χ4v) is 8.53. The van der Waals surface area contributed by atoms with E-state index in [0.29, 0.717) is 38.6 Å². The monoisotopic (exact) mass is 1020 g/mol. The molecule has 1 aliphatic carbocycles. The lowest BCUT2D eigenvalue weighted by Crippen LogP contribution is -2.46. The molecule has 0 aromatic carbocycles. The van der Waals surface area contributed by atoms with Gasteiger partial charge in [-0.3, -0.25) is 33.6 Å². The molecule has 0 aromatic rings. The van der Waals surface area contributed by atoms with E-state index < -0.39 is 116 Å². The molecule has 21 nitrogen and oxygen atoms in total. The van der Waals surface area contributed by atoms with Gasteiger partial charge in [-0.2, -0.15) is 0 Å². The Hall–Kier alpha value is -5.63. The molecule has 0 saturated heterocycles. The van der Waals surface area contributed by atoms with Gasteiger partial charge in [0.2, 0.25) is 29.5 Å². The van der Waals surface area contributed by atoms with Crippen LogP contribution in [0.1, 0.15) is 206 Å². The molecule has 1 rings (SSSR count). The highest BCUT2D eigenvalue weighted by molar-refractivity contribution is 5.89. The number of carboxylic acids is 5. The highest BCUT2D eigenvalue weighted by atomic mass is 16.4. The first-order valence-corrected chi connectivity index (χ1v) is 26.3. The maximum Gasteiger partial charge on any atom is 0.326 e. The quantitative estimate of drug-likeness (QED) is 0.0330. The predicted octanol–water partition coefficient (Wildman–Crippen LogP) is 5.64. The molecule has 0 bridgehead atoms. The molecule has 0 aromatic heterocycles. The maximum absolute atomic E-state index is 13.1. The normalized spacial score (nSPS) is 16.0. The van der Waals surface area contributed by atoms with Crippen LogP contribution in [0.3, 0.4) is 0 Å². The van der Waals surface area contributed by atoms with Crippen LogP contribution in [0.25, 0.3) is 0 Å². The van der Waals surface area contributed by atoms with Crippen molar-refractivity contribution in [2.24, 2.45) is 17.8 Å². The number of carbonyl (C=O) groups excluding carboxylic acids is 6. The van der Waals surface area contributed by atoms with Gasteiger partial charge in [-0.25, -0.2) is 19.2 Å². The van der Waals surface area contributed by atoms with Gasteiger partial charge in [0.25, 0.3) is 0 Å². The van der Waals surface area contributed by atoms with Crippen LogP contribution in [0.5, 0.6) is 0 Å². The first-order chi connectivity index (χ1) is 34.2. The largest absolute Gasteiger partial charge is 0.481 e. The highest BCUT2D eigenvalue weighted by Crippen LogP contribution is 2.29. The minimum atomic E-state index is -1.62. The van der Waals surface area contributed by atoms with E-state index in [9.17, 15) is 73.2 Å². The van der Waals surface area contributed by atoms with Crippen LogP contribution in [0.4, 0.5) is 0 Å². The van der Waals surface area contributed by atoms with Gasteiger partial charge in [0.1, 0.15) is 30.0 Å². The lowest BCUT2D eigenvalue weighted by molar-refractivity contribution is -0.144. The fraction of sp³-hybridized carbons (Fsp3) is 0.784. The van der Waals surface area contributed by atoms with Crippen molar-refractivity contribution < 1.29 is 78.3 Å². The topological polar surface area (TPSA) is 349 Å². The molecule has 1 fully saturated rings. The van der Waals surface area contributed by atoms with E-state index in [0.717, 1.165) is 38.5 Å². The summed E-state index contributed by atoms with van der Waals surface area (Å²) >= 11 is 0. The molecule has 0 unspecified atom stereocenters. The number of hydrogen-bond acceptors (Lipinski definition) is 11. The second-order valence-electron chi connectivity index (χ2n) is 19.6. The Kier molecular flexibility index (Phi) is 34.0. The molecule has 1 saturated carbocycles. The Bertz CT molecular complexity index is 1730. The third kappa shape index (κ3) is 31.7. The first-order valence-electron chi connectivity index (χ1n) is 26.3. The summed E-state index contributed by atoms with van der Waals surface area (Å²) in [5.74, 6) is -10.4. The van der Waals surface area contributed by atoms with Gasteiger partial charge < -0.3 is 52.1 Å². The fourth-order valence-electron chi connectivity index (χ4n) is 8.53. The second-order valence-corrected chi connectivity index (χ2v) is 19.6. The van der Waals surface area contributed by atoms with E-state index in [2.05, 4.69) is 26.6 Å². The molecule has 4 atom stereocenters. The van der Waals surface area contributed by atoms with E-state index in [1.807, 2.05) is 0 Å². The zero-order valence-electron chi connectivity index (χ0n) is 42.7. The Balaban J connectivity index is 2.32. The van der Waals surface area contributed by atoms with Gasteiger partial charge >= 0.3 is 29.8 Å². The highest BCUT2D eigenvalue weighted by Gasteiger charge is 2.31. The van der Waals surface area contributed by atoms with Gasteiger partial charge in [-0.15, -0.1) is 0 Å². The van der Waals surface area contributed by atoms with Crippen molar-refractivity contribution in [1.29, 1.82) is 0 Å². The number of Topliss-reactive ketones (excluding diaryl/α,β-unsaturated/α-hetero) is 1. The van der Waals surface area contributed by atoms with E-state index >= 15 is 0 Å². The third-order valence-electron chi connectivity index (χ3n) is 13.2. The van der Waals surface area contributed by atoms with Crippen LogP contribution in [-0.4, -0.2) is 121 Å². The molecule has 5 amide bonds. The second kappa shape index (κ2) is 38.1. The van der Waals surface area contributed by atoms with Crippen molar-refractivity contribution in [3.05, 3.63) is 0 Å². The summed E-state index contributed by atoms with van der Waals surface area (Å²) in [5.41, 5.74) is 0. The maximum atomic E-state index is 13.1. The van der Waals surface area contributed by atoms with Crippen molar-refractivity contribution in [2.45, 2.75) is 231 Å². The molecule has 410 valence electrons. The van der Waals surface area contributed by atoms with Crippen LogP contribution in [0, 0.1) is 17.8 Å². The van der Waals surface area contributed by atoms with Crippen molar-refractivity contribution >= 4 is 65.2 Å². The molecule has 72 heavy (non-hydrogen) atoms. The standard InChI is InChI=1S/C51H85N5O16/c1-34(2)41(57)29-25-37(48(65)66)53-43(59)30-26-38(49(67)68)54-44(60)31-27-39(50(69)70)55-45(61)32-28-40(51(71)72)56-47(64)36-23-21-35(22-24-36)33-52-42(58)19-17-15-13-11-9-7-5-3-4-6-8-10-12-14-16-18-20-46(62)63/h34-40H,3-33H2,1-2H3,(H,52,58)(H,53,59)(H,54,60)(H,55,61)(H,56,64)(H,62,63)(H,65,66)(H,67,68)(H,69,70)(H,71,72)/t35?,36?,37-,38-,39-,40-/m0/s1. The summed E-state index contributed by atoms with van der Waals surface area (Å²) in [6.07, 6.45) is 18.2. The van der Waals surface area contributed by atoms with Gasteiger partial charge in [0.05, 0.1) is 0 Å². The molecule has 0 heterocycles. The number of carbonyl (C=O) groups is 11. The summed E-state index contributed by atoms with van der Waals surface area (Å²) < 4.78 is 0. The van der Waals surface area contributed by atoms with E-state index in [-0.39, 0.29) is 49.2 Å². The van der Waals surface area contributed by atoms with Crippen molar-refractivity contribution in [2.75, 3.05) is 6.54 Å². The first kappa shape index (κ1) is 64.4. The number of hydrogen-bond donors (Lipinski definition) is 10. The van der Waals surface area contributed by atoms with Gasteiger partial charge in [0, 0.05) is 56.9 Å². The SMILES string of the molecule is CC(C)C(=O)CC[C@H](NC(=O)CC[C@H](NC(=O)CC[C@H](NC(=O)CC[C@H](NC(=O)C1CCC(CNC(=O)CCCCCCCCCCCCCCCCCCC(=O)O)CC1)C(=O)O)C(=O)O)C(=O)O)C(=O)O. The molecule has 0 aliphatic heterocycles. The van der Waals surface area contributed by atoms with E-state index in [1.54, 1.807) is 13.8 Å². The zero-order chi connectivity index (χ0) is 53.8. The van der Waals surface area contributed by atoms with Crippen LogP contribution in [0.2, 0.25) is 0 Å². The number of carboxylic acid groups (broad SMARTS) is 5. The molecular formula is C51H85N5O16. The average Bonchev–Trinajstić information content (AvgIpc) is 3.32. The summed E-state index contributed by atoms with van der Waals surface area (Å²) in [6.45, 7) is 3.80. The van der Waals surface area contributed by atoms with Gasteiger partial charge in [0.15, 0.2) is 0 Å². The molecule has 1 aliphatic rings. The van der Waals surface area contributed by atoms with Crippen LogP contribution >= 0.6 is 0 Å². The molecule has 0 spiro atoms. The summed E-state index contributed by atoms with van der Waals surface area (Å²) in [4.78, 5) is 133. The molecule has 21 heteroatoms. The van der Waals surface area contributed by atoms with E-state index in [4.69, 9.17) is 5.11 Å². The van der Waals surface area contributed by atoms with Crippen LogP contribution < -0.4 is 26.6 Å². The number of ketones is 1. The molecule has 0 radical (unpaired) electrons. The van der Waals surface area contributed by atoms with Crippen molar-refractivity contribution in [3.63, 3.8) is 0 Å². The van der Waals surface area contributed by atoms with Gasteiger partial charge in [-0.05, 0) is 70.1 Å². The lowest BCUT2D eigenvalue weighted by Gasteiger charge is -2.28. The summed E-state index contributed by atoms with van der Waals surface area (Å²) in [6, 6.07) is -6.05. The smallest absolute Gasteiger partial charge is 0.326 e. The van der Waals surface area contributed by atoms with Crippen molar-refractivity contribution in [3.8, 4) is 0 Å². The molecule has 10 N–H and O–H groups in total. The zero-order valence-corrected chi connectivity index (χ0v) is 42.7. The minimum absolute atomic E-state index is 0.00603. The van der Waals surface area contributed by atoms with Crippen LogP contribution in [0.15, 0.2) is 0 Å². The Morgan fingerprint density at radius 3 is 1.04 bits per heavy atom. The number of aliphatic carboxylic acids is 5. The lowest BCUT2D eigenvalue weighted by atomic mass is 9.81. The Morgan fingerprint density at radius 2 is 0.708 bits per heavy atom. The summed E-state index contributed by atoms with van der Waals surface area (Å²) in [7, 11) is 0. The average molecular weight is 1020 g/mol. The number of unbranched alkanes of at least 4 members (excludes halogenated alkanes) is 15. The summed E-state index contributed by atoms with van der Waals surface area (Å²) in [5, 5.41) is 59.2.